The van der Waals surface area contributed by atoms with Crippen LogP contribution in [0.2, 0.25) is 0 Å². The number of piperidine rings is 1. The lowest BCUT2D eigenvalue weighted by Gasteiger charge is -2.37. The molecule has 1 aliphatic carbocycles. The number of fused-ring (bicyclic) bond motifs is 2. The topological polar surface area (TPSA) is 32.3 Å². The molecule has 0 aromatic carbocycles. The van der Waals surface area contributed by atoms with Crippen LogP contribution in [-0.4, -0.2) is 17.4 Å². The minimum atomic E-state index is -0.242. The lowest BCUT2D eigenvalue weighted by Crippen LogP contribution is -2.46. The van der Waals surface area contributed by atoms with E-state index in [9.17, 15) is 5.11 Å². The molecule has 57 valence electrons. The van der Waals surface area contributed by atoms with Gasteiger partial charge in [0, 0.05) is 6.04 Å². The summed E-state index contributed by atoms with van der Waals surface area (Å²) in [6.07, 6.45) is 5.71. The Kier molecular flexibility index (Phi) is 1.66. The van der Waals surface area contributed by atoms with E-state index in [0.29, 0.717) is 6.04 Å². The summed E-state index contributed by atoms with van der Waals surface area (Å²) < 4.78 is 0. The monoisotopic (exact) mass is 140 g/mol. The van der Waals surface area contributed by atoms with Crippen molar-refractivity contribution in [1.82, 2.24) is 5.32 Å². The van der Waals surface area contributed by atoms with Crippen LogP contribution in [0.25, 0.3) is 0 Å². The largest absolute Gasteiger partial charge is 0.379 e. The van der Waals surface area contributed by atoms with Crippen LogP contribution >= 0.6 is 0 Å². The second kappa shape index (κ2) is 2.51. The van der Waals surface area contributed by atoms with Crippen LogP contribution in [0.5, 0.6) is 0 Å². The standard InChI is InChI=1S/C8H14NO/c10-8-5-6-2-1-3-7(4-6)9-8/h7-10H,1-5H2. The number of rotatable bonds is 0. The van der Waals surface area contributed by atoms with Crippen LogP contribution in [0.15, 0.2) is 0 Å². The van der Waals surface area contributed by atoms with Gasteiger partial charge in [0.2, 0.25) is 0 Å². The Labute approximate surface area is 61.6 Å². The molecule has 2 rings (SSSR count). The number of hydrogen-bond donors (Lipinski definition) is 2. The van der Waals surface area contributed by atoms with Gasteiger partial charge in [-0.15, -0.1) is 0 Å². The molecule has 10 heavy (non-hydrogen) atoms. The third-order valence-corrected chi connectivity index (χ3v) is 2.53. The van der Waals surface area contributed by atoms with Crippen molar-refractivity contribution in [3.05, 3.63) is 5.92 Å². The van der Waals surface area contributed by atoms with E-state index in [1.165, 1.54) is 25.7 Å². The van der Waals surface area contributed by atoms with Gasteiger partial charge in [0.1, 0.15) is 6.23 Å². The zero-order valence-corrected chi connectivity index (χ0v) is 6.14. The van der Waals surface area contributed by atoms with Crippen molar-refractivity contribution >= 4 is 0 Å². The summed E-state index contributed by atoms with van der Waals surface area (Å²) in [4.78, 5) is 0. The van der Waals surface area contributed by atoms with Gasteiger partial charge in [0.05, 0.1) is 0 Å². The maximum atomic E-state index is 9.28. The van der Waals surface area contributed by atoms with Gasteiger partial charge in [-0.1, -0.05) is 6.42 Å². The van der Waals surface area contributed by atoms with Gasteiger partial charge in [0.25, 0.3) is 0 Å². The van der Waals surface area contributed by atoms with Gasteiger partial charge in [-0.3, -0.25) is 5.32 Å². The van der Waals surface area contributed by atoms with E-state index in [1.54, 1.807) is 5.92 Å². The minimum absolute atomic E-state index is 0.242. The Bertz CT molecular complexity index is 110. The van der Waals surface area contributed by atoms with E-state index in [4.69, 9.17) is 0 Å². The highest BCUT2D eigenvalue weighted by Gasteiger charge is 2.30. The molecule has 2 unspecified atom stereocenters. The first-order valence-electron chi connectivity index (χ1n) is 4.12. The molecule has 1 heterocycles. The third-order valence-electron chi connectivity index (χ3n) is 2.53. The van der Waals surface area contributed by atoms with Crippen LogP contribution in [0.1, 0.15) is 32.1 Å². The van der Waals surface area contributed by atoms with Crippen molar-refractivity contribution in [2.75, 3.05) is 0 Å². The third kappa shape index (κ3) is 1.18. The summed E-state index contributed by atoms with van der Waals surface area (Å²) in [6, 6.07) is 0.590. The number of hydrogen-bond acceptors (Lipinski definition) is 2. The fraction of sp³-hybridized carbons (Fsp3) is 0.875. The fourth-order valence-corrected chi connectivity index (χ4v) is 2.08. The van der Waals surface area contributed by atoms with E-state index in [-0.39, 0.29) is 6.23 Å². The van der Waals surface area contributed by atoms with E-state index >= 15 is 0 Å². The summed E-state index contributed by atoms with van der Waals surface area (Å²) >= 11 is 0. The first-order chi connectivity index (χ1) is 4.84. The lowest BCUT2D eigenvalue weighted by atomic mass is 9.80. The predicted octanol–water partition coefficient (Wildman–Crippen LogP) is 0.815. The molecule has 2 nitrogen and oxygen atoms in total. The molecule has 2 atom stereocenters. The highest BCUT2D eigenvalue weighted by molar-refractivity contribution is 5.02. The van der Waals surface area contributed by atoms with Gasteiger partial charge >= 0.3 is 0 Å². The molecule has 1 aliphatic heterocycles. The summed E-state index contributed by atoms with van der Waals surface area (Å²) in [5.41, 5.74) is 0. The summed E-state index contributed by atoms with van der Waals surface area (Å²) in [5.74, 6) is 1.57. The molecule has 2 heteroatoms. The second-order valence-corrected chi connectivity index (χ2v) is 3.43. The first kappa shape index (κ1) is 6.62. The van der Waals surface area contributed by atoms with Crippen LogP contribution in [0, 0.1) is 5.92 Å². The van der Waals surface area contributed by atoms with Gasteiger partial charge in [-0.05, 0) is 31.6 Å². The minimum Gasteiger partial charge on any atom is -0.379 e. The van der Waals surface area contributed by atoms with Crippen LogP contribution < -0.4 is 5.32 Å². The van der Waals surface area contributed by atoms with Crippen LogP contribution in [-0.2, 0) is 0 Å². The summed E-state index contributed by atoms with van der Waals surface area (Å²) in [5, 5.41) is 12.5. The molecule has 0 aromatic heterocycles. The molecule has 0 aromatic rings. The normalized spacial score (nSPS) is 41.7. The average Bonchev–Trinajstić information content (AvgIpc) is 1.85. The SMILES string of the molecule is OC1C[C]2CCCC(C2)N1. The van der Waals surface area contributed by atoms with Gasteiger partial charge in [0.15, 0.2) is 0 Å². The van der Waals surface area contributed by atoms with Crippen molar-refractivity contribution in [3.63, 3.8) is 0 Å². The molecule has 2 fully saturated rings. The summed E-state index contributed by atoms with van der Waals surface area (Å²) in [6.45, 7) is 0. The van der Waals surface area contributed by atoms with Crippen LogP contribution in [0.4, 0.5) is 0 Å². The van der Waals surface area contributed by atoms with E-state index in [2.05, 4.69) is 5.32 Å². The van der Waals surface area contributed by atoms with Crippen molar-refractivity contribution in [2.45, 2.75) is 44.4 Å². The predicted molar refractivity (Wildman–Crippen MR) is 39.3 cm³/mol. The molecule has 2 bridgehead atoms. The Morgan fingerprint density at radius 3 is 3.10 bits per heavy atom. The molecule has 0 amide bonds. The molecular weight excluding hydrogens is 126 g/mol. The van der Waals surface area contributed by atoms with Crippen molar-refractivity contribution in [2.24, 2.45) is 0 Å². The van der Waals surface area contributed by atoms with Gasteiger partial charge in [-0.25, -0.2) is 0 Å². The quantitative estimate of drug-likeness (QED) is 0.522. The van der Waals surface area contributed by atoms with Crippen molar-refractivity contribution in [3.8, 4) is 0 Å². The number of nitrogens with one attached hydrogen (secondary N) is 1. The first-order valence-corrected chi connectivity index (χ1v) is 4.12. The average molecular weight is 140 g/mol. The Hall–Kier alpha value is -0.0800. The van der Waals surface area contributed by atoms with E-state index < -0.39 is 0 Å². The molecule has 1 saturated carbocycles. The number of aliphatic hydroxyl groups is 1. The number of aliphatic hydroxyl groups excluding tert-OH is 1. The molecule has 2 N–H and O–H groups in total. The zero-order valence-electron chi connectivity index (χ0n) is 6.14. The zero-order chi connectivity index (χ0) is 6.97. The molecule has 1 radical (unpaired) electrons. The molecule has 0 spiro atoms. The van der Waals surface area contributed by atoms with Gasteiger partial charge < -0.3 is 5.11 Å². The van der Waals surface area contributed by atoms with Gasteiger partial charge in [-0.2, -0.15) is 0 Å². The Morgan fingerprint density at radius 2 is 2.30 bits per heavy atom. The maximum absolute atomic E-state index is 9.28. The Balaban J connectivity index is 1.98. The smallest absolute Gasteiger partial charge is 0.105 e. The lowest BCUT2D eigenvalue weighted by molar-refractivity contribution is 0.0808. The molecular formula is C8H14NO. The van der Waals surface area contributed by atoms with E-state index in [0.717, 1.165) is 6.42 Å². The molecule has 2 aliphatic rings. The van der Waals surface area contributed by atoms with Crippen molar-refractivity contribution < 1.29 is 5.11 Å². The Morgan fingerprint density at radius 1 is 1.40 bits per heavy atom. The summed E-state index contributed by atoms with van der Waals surface area (Å²) in [7, 11) is 0. The highest BCUT2D eigenvalue weighted by Crippen LogP contribution is 2.33. The maximum Gasteiger partial charge on any atom is 0.105 e. The highest BCUT2D eigenvalue weighted by atomic mass is 16.3. The second-order valence-electron chi connectivity index (χ2n) is 3.43. The van der Waals surface area contributed by atoms with E-state index in [1.807, 2.05) is 0 Å². The fourth-order valence-electron chi connectivity index (χ4n) is 2.08. The molecule has 1 saturated heterocycles. The van der Waals surface area contributed by atoms with Crippen LogP contribution in [0.3, 0.4) is 0 Å². The van der Waals surface area contributed by atoms with Crippen molar-refractivity contribution in [1.29, 1.82) is 0 Å².